The predicted octanol–water partition coefficient (Wildman–Crippen LogP) is 1.42. The summed E-state index contributed by atoms with van der Waals surface area (Å²) in [6, 6.07) is 5.09. The Balaban J connectivity index is 2.39. The van der Waals surface area contributed by atoms with E-state index in [1.54, 1.807) is 18.2 Å². The summed E-state index contributed by atoms with van der Waals surface area (Å²) in [5.74, 6) is -0.759. The first-order valence-electron chi connectivity index (χ1n) is 4.60. The molecule has 0 saturated carbocycles. The first kappa shape index (κ1) is 10.4. The summed E-state index contributed by atoms with van der Waals surface area (Å²) in [6.07, 6.45) is 2.52. The number of nitrogens with zero attached hydrogens (tertiary/aromatic N) is 1. The molecule has 1 aromatic carbocycles. The standard InChI is InChI=1S/C11H9NO4/c13-6-10-12-8-5-7(2-4-11(14)15)1-3-9(8)16-10/h1-5,13H,6H2,(H,14,15)/b4-2+. The van der Waals surface area contributed by atoms with E-state index in [4.69, 9.17) is 14.6 Å². The zero-order valence-electron chi connectivity index (χ0n) is 8.25. The SMILES string of the molecule is O=C(O)/C=C/c1ccc2oc(CO)nc2c1. The number of carboxylic acid groups (broad SMARTS) is 1. The first-order valence-corrected chi connectivity index (χ1v) is 4.60. The van der Waals surface area contributed by atoms with E-state index in [0.29, 0.717) is 16.7 Å². The van der Waals surface area contributed by atoms with Crippen molar-refractivity contribution >= 4 is 23.1 Å². The Morgan fingerprint density at radius 1 is 1.50 bits per heavy atom. The Labute approximate surface area is 90.6 Å². The second kappa shape index (κ2) is 4.16. The molecule has 0 fully saturated rings. The average molecular weight is 219 g/mol. The lowest BCUT2D eigenvalue weighted by Gasteiger charge is -1.90. The predicted molar refractivity (Wildman–Crippen MR) is 56.6 cm³/mol. The molecule has 2 N–H and O–H groups in total. The van der Waals surface area contributed by atoms with Crippen LogP contribution in [0.3, 0.4) is 0 Å². The zero-order valence-corrected chi connectivity index (χ0v) is 8.25. The molecule has 0 radical (unpaired) electrons. The van der Waals surface area contributed by atoms with Crippen molar-refractivity contribution in [2.24, 2.45) is 0 Å². The van der Waals surface area contributed by atoms with Gasteiger partial charge in [-0.15, -0.1) is 0 Å². The second-order valence-corrected chi connectivity index (χ2v) is 3.16. The van der Waals surface area contributed by atoms with Crippen LogP contribution < -0.4 is 0 Å². The molecule has 0 aliphatic rings. The van der Waals surface area contributed by atoms with Crippen molar-refractivity contribution in [3.05, 3.63) is 35.7 Å². The summed E-state index contributed by atoms with van der Waals surface area (Å²) >= 11 is 0. The van der Waals surface area contributed by atoms with Crippen LogP contribution in [-0.2, 0) is 11.4 Å². The Morgan fingerprint density at radius 2 is 2.31 bits per heavy atom. The highest BCUT2D eigenvalue weighted by Gasteiger charge is 2.04. The zero-order chi connectivity index (χ0) is 11.5. The first-order chi connectivity index (χ1) is 7.69. The van der Waals surface area contributed by atoms with Crippen molar-refractivity contribution < 1.29 is 19.4 Å². The van der Waals surface area contributed by atoms with Crippen LogP contribution in [0.25, 0.3) is 17.2 Å². The van der Waals surface area contributed by atoms with Gasteiger partial charge in [-0.3, -0.25) is 0 Å². The minimum absolute atomic E-state index is 0.245. The molecule has 82 valence electrons. The van der Waals surface area contributed by atoms with Gasteiger partial charge < -0.3 is 14.6 Å². The summed E-state index contributed by atoms with van der Waals surface area (Å²) in [5.41, 5.74) is 1.88. The average Bonchev–Trinajstić information content (AvgIpc) is 2.68. The van der Waals surface area contributed by atoms with Gasteiger partial charge in [-0.2, -0.15) is 0 Å². The Kier molecular flexibility index (Phi) is 2.70. The second-order valence-electron chi connectivity index (χ2n) is 3.16. The third-order valence-corrected chi connectivity index (χ3v) is 2.01. The van der Waals surface area contributed by atoms with Gasteiger partial charge in [-0.1, -0.05) is 6.07 Å². The van der Waals surface area contributed by atoms with Crippen LogP contribution >= 0.6 is 0 Å². The molecular formula is C11H9NO4. The molecule has 0 saturated heterocycles. The van der Waals surface area contributed by atoms with Gasteiger partial charge in [0.1, 0.15) is 12.1 Å². The monoisotopic (exact) mass is 219 g/mol. The van der Waals surface area contributed by atoms with Gasteiger partial charge in [0.2, 0.25) is 5.89 Å². The van der Waals surface area contributed by atoms with Gasteiger partial charge in [-0.05, 0) is 23.8 Å². The van der Waals surface area contributed by atoms with Crippen LogP contribution in [0.1, 0.15) is 11.5 Å². The van der Waals surface area contributed by atoms with Crippen LogP contribution in [0.15, 0.2) is 28.7 Å². The maximum atomic E-state index is 10.3. The number of aromatic nitrogens is 1. The number of hydrogen-bond acceptors (Lipinski definition) is 4. The summed E-state index contributed by atoms with van der Waals surface area (Å²) in [7, 11) is 0. The minimum Gasteiger partial charge on any atom is -0.478 e. The smallest absolute Gasteiger partial charge is 0.328 e. The van der Waals surface area contributed by atoms with Crippen LogP contribution in [0.4, 0.5) is 0 Å². The number of aliphatic hydroxyl groups is 1. The van der Waals surface area contributed by atoms with E-state index < -0.39 is 5.97 Å². The van der Waals surface area contributed by atoms with Crippen LogP contribution in [-0.4, -0.2) is 21.2 Å². The van der Waals surface area contributed by atoms with Crippen molar-refractivity contribution in [2.75, 3.05) is 0 Å². The molecule has 0 amide bonds. The number of fused-ring (bicyclic) bond motifs is 1. The summed E-state index contributed by atoms with van der Waals surface area (Å²) in [5, 5.41) is 17.3. The van der Waals surface area contributed by atoms with Crippen molar-refractivity contribution in [1.29, 1.82) is 0 Å². The molecule has 0 unspecified atom stereocenters. The molecule has 1 heterocycles. The number of hydrogen-bond donors (Lipinski definition) is 2. The number of benzene rings is 1. The van der Waals surface area contributed by atoms with E-state index in [-0.39, 0.29) is 12.5 Å². The summed E-state index contributed by atoms with van der Waals surface area (Å²) < 4.78 is 5.20. The fraction of sp³-hybridized carbons (Fsp3) is 0.0909. The van der Waals surface area contributed by atoms with Gasteiger partial charge in [0.25, 0.3) is 0 Å². The van der Waals surface area contributed by atoms with E-state index >= 15 is 0 Å². The van der Waals surface area contributed by atoms with Gasteiger partial charge in [0.05, 0.1) is 0 Å². The maximum absolute atomic E-state index is 10.3. The molecule has 0 spiro atoms. The lowest BCUT2D eigenvalue weighted by atomic mass is 10.2. The Hall–Kier alpha value is -2.14. The van der Waals surface area contributed by atoms with E-state index in [1.807, 2.05) is 0 Å². The number of carboxylic acids is 1. The molecule has 2 aromatic rings. The molecule has 5 nitrogen and oxygen atoms in total. The summed E-state index contributed by atoms with van der Waals surface area (Å²) in [4.78, 5) is 14.4. The lowest BCUT2D eigenvalue weighted by molar-refractivity contribution is -0.131. The third kappa shape index (κ3) is 2.09. The topological polar surface area (TPSA) is 83.6 Å². The fourth-order valence-corrected chi connectivity index (χ4v) is 1.33. The Morgan fingerprint density at radius 3 is 3.00 bits per heavy atom. The molecule has 5 heteroatoms. The number of aliphatic hydroxyl groups excluding tert-OH is 1. The highest BCUT2D eigenvalue weighted by atomic mass is 16.4. The van der Waals surface area contributed by atoms with E-state index in [9.17, 15) is 4.79 Å². The highest BCUT2D eigenvalue weighted by molar-refractivity contribution is 5.86. The molecule has 0 atom stereocenters. The van der Waals surface area contributed by atoms with Gasteiger partial charge >= 0.3 is 5.97 Å². The normalized spacial score (nSPS) is 11.3. The highest BCUT2D eigenvalue weighted by Crippen LogP contribution is 2.17. The molecule has 2 rings (SSSR count). The summed E-state index contributed by atoms with van der Waals surface area (Å²) in [6.45, 7) is -0.255. The molecule has 0 aliphatic heterocycles. The van der Waals surface area contributed by atoms with Gasteiger partial charge in [0.15, 0.2) is 5.58 Å². The third-order valence-electron chi connectivity index (χ3n) is 2.01. The van der Waals surface area contributed by atoms with Crippen molar-refractivity contribution in [1.82, 2.24) is 4.98 Å². The Bertz CT molecular complexity index is 556. The van der Waals surface area contributed by atoms with E-state index in [0.717, 1.165) is 6.08 Å². The molecule has 1 aromatic heterocycles. The molecule has 0 aliphatic carbocycles. The quantitative estimate of drug-likeness (QED) is 0.762. The number of oxazole rings is 1. The van der Waals surface area contributed by atoms with Crippen molar-refractivity contribution in [2.45, 2.75) is 6.61 Å². The number of carbonyl (C=O) groups is 1. The largest absolute Gasteiger partial charge is 0.478 e. The van der Waals surface area contributed by atoms with Crippen LogP contribution in [0.5, 0.6) is 0 Å². The van der Waals surface area contributed by atoms with Crippen molar-refractivity contribution in [3.63, 3.8) is 0 Å². The molecular weight excluding hydrogens is 210 g/mol. The molecule has 0 bridgehead atoms. The van der Waals surface area contributed by atoms with E-state index in [1.165, 1.54) is 6.08 Å². The van der Waals surface area contributed by atoms with Gasteiger partial charge in [0, 0.05) is 6.08 Å². The number of rotatable bonds is 3. The maximum Gasteiger partial charge on any atom is 0.328 e. The van der Waals surface area contributed by atoms with Crippen LogP contribution in [0, 0.1) is 0 Å². The van der Waals surface area contributed by atoms with Crippen molar-refractivity contribution in [3.8, 4) is 0 Å². The van der Waals surface area contributed by atoms with Crippen LogP contribution in [0.2, 0.25) is 0 Å². The lowest BCUT2D eigenvalue weighted by Crippen LogP contribution is -1.85. The number of aliphatic carboxylic acids is 1. The van der Waals surface area contributed by atoms with E-state index in [2.05, 4.69) is 4.98 Å². The molecule has 16 heavy (non-hydrogen) atoms. The fourth-order valence-electron chi connectivity index (χ4n) is 1.33. The van der Waals surface area contributed by atoms with Gasteiger partial charge in [-0.25, -0.2) is 9.78 Å². The minimum atomic E-state index is -1.00.